The minimum absolute atomic E-state index is 1.11. The second-order valence-electron chi connectivity index (χ2n) is 12.6. The van der Waals surface area contributed by atoms with Crippen molar-refractivity contribution in [3.63, 3.8) is 0 Å². The van der Waals surface area contributed by atoms with Crippen molar-refractivity contribution in [3.8, 4) is 39.1 Å². The van der Waals surface area contributed by atoms with Crippen molar-refractivity contribution >= 4 is 38.9 Å². The number of benzene rings is 8. The molecule has 9 aromatic rings. The van der Waals surface area contributed by atoms with Gasteiger partial charge < -0.3 is 9.47 Å². The molecule has 0 fully saturated rings. The fourth-order valence-corrected chi connectivity index (χ4v) is 7.12. The van der Waals surface area contributed by atoms with Gasteiger partial charge in [-0.05, 0) is 100 Å². The Labute approximate surface area is 292 Å². The highest BCUT2D eigenvalue weighted by Gasteiger charge is 2.16. The van der Waals surface area contributed by atoms with Crippen molar-refractivity contribution in [1.82, 2.24) is 4.57 Å². The highest BCUT2D eigenvalue weighted by Crippen LogP contribution is 2.39. The average Bonchev–Trinajstić information content (AvgIpc) is 3.53. The lowest BCUT2D eigenvalue weighted by atomic mass is 10.0. The number of anilines is 3. The van der Waals surface area contributed by atoms with E-state index < -0.39 is 0 Å². The number of hydrogen-bond acceptors (Lipinski definition) is 1. The molecule has 0 saturated carbocycles. The Morgan fingerprint density at radius 1 is 0.280 bits per heavy atom. The van der Waals surface area contributed by atoms with Crippen molar-refractivity contribution in [2.45, 2.75) is 0 Å². The standard InChI is InChI=1S/C48H34N2/c1-4-12-35(13-5-1)37-20-27-42(28-21-37)49(43-29-22-38(23-30-43)36-14-6-2-7-15-36)44-31-24-39(25-32-44)40-26-33-48-46(34-40)45-18-10-11-19-47(45)50(48)41-16-8-3-9-17-41/h1-34H. The second kappa shape index (κ2) is 12.8. The molecule has 2 nitrogen and oxygen atoms in total. The Morgan fingerprint density at radius 2 is 0.660 bits per heavy atom. The maximum Gasteiger partial charge on any atom is 0.0541 e. The first-order chi connectivity index (χ1) is 24.8. The fraction of sp³-hybridized carbons (Fsp3) is 0. The predicted molar refractivity (Wildman–Crippen MR) is 212 cm³/mol. The molecule has 0 atom stereocenters. The molecule has 0 amide bonds. The lowest BCUT2D eigenvalue weighted by Crippen LogP contribution is -2.09. The van der Waals surface area contributed by atoms with Gasteiger partial charge in [0, 0.05) is 33.5 Å². The Hall–Kier alpha value is -6.64. The van der Waals surface area contributed by atoms with Gasteiger partial charge in [0.15, 0.2) is 0 Å². The molecule has 0 unspecified atom stereocenters. The molecule has 8 aromatic carbocycles. The van der Waals surface area contributed by atoms with Crippen LogP contribution in [0.5, 0.6) is 0 Å². The van der Waals surface area contributed by atoms with Gasteiger partial charge in [0.05, 0.1) is 11.0 Å². The SMILES string of the molecule is c1ccc(-c2ccc(N(c3ccc(-c4ccccc4)cc3)c3ccc(-c4ccc5c(c4)c4ccccc4n5-c4ccccc4)cc3)cc2)cc1. The summed E-state index contributed by atoms with van der Waals surface area (Å²) in [7, 11) is 0. The molecule has 2 heteroatoms. The van der Waals surface area contributed by atoms with Gasteiger partial charge in [-0.15, -0.1) is 0 Å². The summed E-state index contributed by atoms with van der Waals surface area (Å²) in [6.45, 7) is 0. The molecular formula is C48H34N2. The van der Waals surface area contributed by atoms with Crippen LogP contribution in [0.25, 0.3) is 60.9 Å². The summed E-state index contributed by atoms with van der Waals surface area (Å²) in [5.41, 5.74) is 14.1. The molecular weight excluding hydrogens is 605 g/mol. The van der Waals surface area contributed by atoms with Crippen LogP contribution in [0.3, 0.4) is 0 Å². The van der Waals surface area contributed by atoms with E-state index >= 15 is 0 Å². The van der Waals surface area contributed by atoms with Gasteiger partial charge in [-0.3, -0.25) is 0 Å². The molecule has 9 rings (SSSR count). The zero-order chi connectivity index (χ0) is 33.3. The molecule has 0 N–H and O–H groups in total. The van der Waals surface area contributed by atoms with Crippen LogP contribution in [-0.4, -0.2) is 4.57 Å². The summed E-state index contributed by atoms with van der Waals surface area (Å²) in [4.78, 5) is 2.34. The van der Waals surface area contributed by atoms with E-state index in [2.05, 4.69) is 216 Å². The minimum Gasteiger partial charge on any atom is -0.311 e. The van der Waals surface area contributed by atoms with Crippen molar-refractivity contribution in [1.29, 1.82) is 0 Å². The molecule has 1 heterocycles. The lowest BCUT2D eigenvalue weighted by Gasteiger charge is -2.26. The maximum absolute atomic E-state index is 2.36. The minimum atomic E-state index is 1.11. The van der Waals surface area contributed by atoms with Crippen molar-refractivity contribution in [3.05, 3.63) is 206 Å². The quantitative estimate of drug-likeness (QED) is 0.169. The molecule has 50 heavy (non-hydrogen) atoms. The average molecular weight is 639 g/mol. The van der Waals surface area contributed by atoms with Gasteiger partial charge in [0.1, 0.15) is 0 Å². The zero-order valence-electron chi connectivity index (χ0n) is 27.5. The molecule has 0 aliphatic carbocycles. The molecule has 0 bridgehead atoms. The number of aromatic nitrogens is 1. The first-order valence-corrected chi connectivity index (χ1v) is 17.1. The van der Waals surface area contributed by atoms with Gasteiger partial charge in [-0.2, -0.15) is 0 Å². The molecule has 0 spiro atoms. The normalized spacial score (nSPS) is 11.2. The van der Waals surface area contributed by atoms with Crippen LogP contribution in [0.2, 0.25) is 0 Å². The summed E-state index contributed by atoms with van der Waals surface area (Å²) >= 11 is 0. The molecule has 0 aliphatic rings. The first kappa shape index (κ1) is 29.5. The monoisotopic (exact) mass is 638 g/mol. The van der Waals surface area contributed by atoms with E-state index in [9.17, 15) is 0 Å². The van der Waals surface area contributed by atoms with E-state index in [1.807, 2.05) is 0 Å². The van der Waals surface area contributed by atoms with Crippen LogP contribution in [0, 0.1) is 0 Å². The third kappa shape index (κ3) is 5.43. The lowest BCUT2D eigenvalue weighted by molar-refractivity contribution is 1.18. The number of rotatable bonds is 7. The number of fused-ring (bicyclic) bond motifs is 3. The largest absolute Gasteiger partial charge is 0.311 e. The molecule has 1 aromatic heterocycles. The van der Waals surface area contributed by atoms with E-state index in [0.717, 1.165) is 17.1 Å². The van der Waals surface area contributed by atoms with Gasteiger partial charge in [0.2, 0.25) is 0 Å². The topological polar surface area (TPSA) is 8.17 Å². The second-order valence-corrected chi connectivity index (χ2v) is 12.6. The zero-order valence-corrected chi connectivity index (χ0v) is 27.5. The Kier molecular flexibility index (Phi) is 7.53. The van der Waals surface area contributed by atoms with Crippen molar-refractivity contribution in [2.75, 3.05) is 4.90 Å². The molecule has 236 valence electrons. The first-order valence-electron chi connectivity index (χ1n) is 17.1. The highest BCUT2D eigenvalue weighted by molar-refractivity contribution is 6.10. The highest BCUT2D eigenvalue weighted by atomic mass is 15.1. The number of hydrogen-bond donors (Lipinski definition) is 0. The van der Waals surface area contributed by atoms with E-state index in [1.165, 1.54) is 60.9 Å². The van der Waals surface area contributed by atoms with Crippen molar-refractivity contribution in [2.24, 2.45) is 0 Å². The van der Waals surface area contributed by atoms with Crippen molar-refractivity contribution < 1.29 is 0 Å². The molecule has 0 aliphatic heterocycles. The Balaban J connectivity index is 1.10. The predicted octanol–water partition coefficient (Wildman–Crippen LogP) is 13.3. The van der Waals surface area contributed by atoms with E-state index in [-0.39, 0.29) is 0 Å². The number of nitrogens with zero attached hydrogens (tertiary/aromatic N) is 2. The van der Waals surface area contributed by atoms with Crippen LogP contribution in [0.1, 0.15) is 0 Å². The summed E-state index contributed by atoms with van der Waals surface area (Å²) in [6, 6.07) is 74.0. The summed E-state index contributed by atoms with van der Waals surface area (Å²) in [5, 5.41) is 2.51. The van der Waals surface area contributed by atoms with E-state index in [0.29, 0.717) is 0 Å². The van der Waals surface area contributed by atoms with E-state index in [4.69, 9.17) is 0 Å². The van der Waals surface area contributed by atoms with Crippen LogP contribution >= 0.6 is 0 Å². The van der Waals surface area contributed by atoms with Gasteiger partial charge in [0.25, 0.3) is 0 Å². The third-order valence-corrected chi connectivity index (χ3v) is 9.61. The van der Waals surface area contributed by atoms with Gasteiger partial charge >= 0.3 is 0 Å². The summed E-state index contributed by atoms with van der Waals surface area (Å²) in [5.74, 6) is 0. The summed E-state index contributed by atoms with van der Waals surface area (Å²) in [6.07, 6.45) is 0. The van der Waals surface area contributed by atoms with E-state index in [1.54, 1.807) is 0 Å². The third-order valence-electron chi connectivity index (χ3n) is 9.61. The summed E-state index contributed by atoms with van der Waals surface area (Å²) < 4.78 is 2.36. The van der Waals surface area contributed by atoms with Gasteiger partial charge in [-0.25, -0.2) is 0 Å². The fourth-order valence-electron chi connectivity index (χ4n) is 7.12. The van der Waals surface area contributed by atoms with Gasteiger partial charge in [-0.1, -0.05) is 140 Å². The Bertz CT molecular complexity index is 2450. The molecule has 0 saturated heterocycles. The van der Waals surface area contributed by atoms with Crippen LogP contribution in [-0.2, 0) is 0 Å². The molecule has 0 radical (unpaired) electrons. The smallest absolute Gasteiger partial charge is 0.0541 e. The van der Waals surface area contributed by atoms with Crippen LogP contribution in [0.15, 0.2) is 206 Å². The van der Waals surface area contributed by atoms with Crippen LogP contribution < -0.4 is 4.90 Å². The number of para-hydroxylation sites is 2. The maximum atomic E-state index is 2.36. The Morgan fingerprint density at radius 3 is 1.18 bits per heavy atom. The van der Waals surface area contributed by atoms with Crippen LogP contribution in [0.4, 0.5) is 17.1 Å².